The fourth-order valence-electron chi connectivity index (χ4n) is 3.09. The molecule has 2 amide bonds. The van der Waals surface area contributed by atoms with E-state index in [1.165, 1.54) is 19.3 Å². The highest BCUT2D eigenvalue weighted by Crippen LogP contribution is 2.29. The number of halogens is 1. The third-order valence-electron chi connectivity index (χ3n) is 4.87. The predicted octanol–water partition coefficient (Wildman–Crippen LogP) is 5.80. The summed E-state index contributed by atoms with van der Waals surface area (Å²) >= 11 is 6.14. The first-order valence-corrected chi connectivity index (χ1v) is 10.7. The largest absolute Gasteiger partial charge is 0.457 e. The molecule has 172 valence electrons. The molecule has 2 heterocycles. The van der Waals surface area contributed by atoms with Crippen LogP contribution in [0.4, 0.5) is 10.5 Å². The summed E-state index contributed by atoms with van der Waals surface area (Å²) in [6.07, 6.45) is 2.61. The Balaban J connectivity index is 1.47. The number of aromatic amines is 1. The number of hydrogen-bond acceptors (Lipinski definition) is 5. The van der Waals surface area contributed by atoms with Gasteiger partial charge in [0.25, 0.3) is 5.91 Å². The molecule has 8 nitrogen and oxygen atoms in total. The smallest absolute Gasteiger partial charge is 0.413 e. The average Bonchev–Trinajstić information content (AvgIpc) is 3.32. The van der Waals surface area contributed by atoms with E-state index in [-0.39, 0.29) is 11.8 Å². The van der Waals surface area contributed by atoms with E-state index < -0.39 is 6.09 Å². The van der Waals surface area contributed by atoms with Crippen LogP contribution in [-0.4, -0.2) is 29.0 Å². The molecule has 0 bridgehead atoms. The SMILES string of the molecule is CNC(=O)Oc1cc(Oc2cccc(-c3c[nH]c(C(=O)Nc4ccc(C)c(Cl)c4)c3)c2)ccn1. The molecule has 0 spiro atoms. The Morgan fingerprint density at radius 3 is 2.62 bits per heavy atom. The number of carbonyl (C=O) groups is 2. The fraction of sp³-hybridized carbons (Fsp3) is 0.0800. The van der Waals surface area contributed by atoms with Gasteiger partial charge in [-0.3, -0.25) is 4.79 Å². The number of aromatic nitrogens is 2. The second-order valence-electron chi connectivity index (χ2n) is 7.32. The zero-order valence-electron chi connectivity index (χ0n) is 18.4. The van der Waals surface area contributed by atoms with Crippen LogP contribution in [0.25, 0.3) is 11.1 Å². The first-order chi connectivity index (χ1) is 16.4. The van der Waals surface area contributed by atoms with Crippen LogP contribution in [0.2, 0.25) is 5.02 Å². The average molecular weight is 477 g/mol. The highest BCUT2D eigenvalue weighted by atomic mass is 35.5. The highest BCUT2D eigenvalue weighted by Gasteiger charge is 2.12. The number of pyridine rings is 1. The molecule has 4 rings (SSSR count). The van der Waals surface area contributed by atoms with Gasteiger partial charge in [-0.05, 0) is 54.4 Å². The van der Waals surface area contributed by atoms with Crippen LogP contribution in [0.5, 0.6) is 17.4 Å². The van der Waals surface area contributed by atoms with E-state index in [9.17, 15) is 9.59 Å². The van der Waals surface area contributed by atoms with Crippen LogP contribution < -0.4 is 20.1 Å². The Labute approximate surface area is 200 Å². The van der Waals surface area contributed by atoms with E-state index in [4.69, 9.17) is 21.1 Å². The number of H-pyrrole nitrogens is 1. The monoisotopic (exact) mass is 476 g/mol. The second kappa shape index (κ2) is 10.1. The van der Waals surface area contributed by atoms with Crippen molar-refractivity contribution in [2.75, 3.05) is 12.4 Å². The third kappa shape index (κ3) is 5.54. The summed E-state index contributed by atoms with van der Waals surface area (Å²) in [5.74, 6) is 0.858. The molecule has 0 saturated carbocycles. The lowest BCUT2D eigenvalue weighted by atomic mass is 10.1. The Morgan fingerprint density at radius 2 is 1.82 bits per heavy atom. The van der Waals surface area contributed by atoms with E-state index in [0.717, 1.165) is 16.7 Å². The van der Waals surface area contributed by atoms with Crippen LogP contribution in [0.15, 0.2) is 73.1 Å². The van der Waals surface area contributed by atoms with Gasteiger partial charge in [0.1, 0.15) is 17.2 Å². The van der Waals surface area contributed by atoms with Gasteiger partial charge in [0, 0.05) is 41.8 Å². The molecule has 2 aromatic carbocycles. The molecule has 0 fully saturated rings. The number of benzene rings is 2. The number of rotatable bonds is 6. The maximum Gasteiger partial charge on any atom is 0.413 e. The maximum absolute atomic E-state index is 12.6. The van der Waals surface area contributed by atoms with Crippen molar-refractivity contribution in [2.24, 2.45) is 0 Å². The summed E-state index contributed by atoms with van der Waals surface area (Å²) < 4.78 is 10.9. The minimum atomic E-state index is -0.621. The van der Waals surface area contributed by atoms with E-state index in [2.05, 4.69) is 20.6 Å². The minimum Gasteiger partial charge on any atom is -0.457 e. The van der Waals surface area contributed by atoms with Gasteiger partial charge in [-0.1, -0.05) is 29.8 Å². The van der Waals surface area contributed by atoms with Gasteiger partial charge in [-0.25, -0.2) is 9.78 Å². The van der Waals surface area contributed by atoms with Crippen molar-refractivity contribution in [3.05, 3.63) is 89.3 Å². The van der Waals surface area contributed by atoms with Crippen molar-refractivity contribution in [1.82, 2.24) is 15.3 Å². The van der Waals surface area contributed by atoms with Crippen molar-refractivity contribution in [2.45, 2.75) is 6.92 Å². The molecule has 0 radical (unpaired) electrons. The Bertz CT molecular complexity index is 1350. The second-order valence-corrected chi connectivity index (χ2v) is 7.73. The van der Waals surface area contributed by atoms with Crippen LogP contribution >= 0.6 is 11.6 Å². The summed E-state index contributed by atoms with van der Waals surface area (Å²) in [4.78, 5) is 31.0. The minimum absolute atomic E-state index is 0.115. The number of aryl methyl sites for hydroxylation is 1. The molecule has 0 aliphatic carbocycles. The number of amides is 2. The van der Waals surface area contributed by atoms with Gasteiger partial charge in [-0.2, -0.15) is 0 Å². The molecule has 0 aliphatic rings. The van der Waals surface area contributed by atoms with Gasteiger partial charge in [0.05, 0.1) is 0 Å². The molecule has 4 aromatic rings. The Morgan fingerprint density at radius 1 is 1.00 bits per heavy atom. The standard InChI is InChI=1S/C25H21ClN4O4/c1-15-6-7-18(12-21(15)26)30-24(31)22-11-17(14-29-22)16-4-3-5-19(10-16)33-20-8-9-28-23(13-20)34-25(32)27-2/h3-14,29H,1-2H3,(H,27,32)(H,30,31). The van der Waals surface area contributed by atoms with E-state index >= 15 is 0 Å². The lowest BCUT2D eigenvalue weighted by molar-refractivity contribution is 0.102. The summed E-state index contributed by atoms with van der Waals surface area (Å²) in [5, 5.41) is 5.78. The molecular formula is C25H21ClN4O4. The van der Waals surface area contributed by atoms with Crippen LogP contribution in [0, 0.1) is 6.92 Å². The molecule has 2 aromatic heterocycles. The van der Waals surface area contributed by atoms with Gasteiger partial charge in [0.2, 0.25) is 5.88 Å². The van der Waals surface area contributed by atoms with Crippen LogP contribution in [0.3, 0.4) is 0 Å². The molecular weight excluding hydrogens is 456 g/mol. The topological polar surface area (TPSA) is 105 Å². The lowest BCUT2D eigenvalue weighted by Gasteiger charge is -2.08. The van der Waals surface area contributed by atoms with E-state index in [0.29, 0.717) is 27.9 Å². The molecule has 0 saturated heterocycles. The van der Waals surface area contributed by atoms with Crippen molar-refractivity contribution in [3.8, 4) is 28.5 Å². The van der Waals surface area contributed by atoms with Crippen LogP contribution in [-0.2, 0) is 0 Å². The van der Waals surface area contributed by atoms with Crippen molar-refractivity contribution < 1.29 is 19.1 Å². The molecule has 3 N–H and O–H groups in total. The first-order valence-electron chi connectivity index (χ1n) is 10.3. The van der Waals surface area contributed by atoms with Gasteiger partial charge < -0.3 is 25.1 Å². The van der Waals surface area contributed by atoms with Gasteiger partial charge in [-0.15, -0.1) is 0 Å². The van der Waals surface area contributed by atoms with E-state index in [1.54, 1.807) is 36.5 Å². The predicted molar refractivity (Wildman–Crippen MR) is 130 cm³/mol. The number of carbonyl (C=O) groups excluding carboxylic acids is 2. The van der Waals surface area contributed by atoms with Crippen molar-refractivity contribution in [1.29, 1.82) is 0 Å². The molecule has 0 aliphatic heterocycles. The maximum atomic E-state index is 12.6. The Hall–Kier alpha value is -4.30. The number of hydrogen-bond donors (Lipinski definition) is 3. The van der Waals surface area contributed by atoms with Crippen molar-refractivity contribution in [3.63, 3.8) is 0 Å². The quantitative estimate of drug-likeness (QED) is 0.326. The summed E-state index contributed by atoms with van der Waals surface area (Å²) in [5.41, 5.74) is 3.62. The number of nitrogens with zero attached hydrogens (tertiary/aromatic N) is 1. The molecule has 0 unspecified atom stereocenters. The van der Waals surface area contributed by atoms with E-state index in [1.807, 2.05) is 31.2 Å². The van der Waals surface area contributed by atoms with Gasteiger partial charge >= 0.3 is 6.09 Å². The zero-order valence-corrected chi connectivity index (χ0v) is 19.1. The lowest BCUT2D eigenvalue weighted by Crippen LogP contribution is -2.22. The number of anilines is 1. The normalized spacial score (nSPS) is 10.4. The number of ether oxygens (including phenoxy) is 2. The molecule has 0 atom stereocenters. The highest BCUT2D eigenvalue weighted by molar-refractivity contribution is 6.31. The zero-order chi connectivity index (χ0) is 24.1. The summed E-state index contributed by atoms with van der Waals surface area (Å²) in [6, 6.07) is 17.7. The summed E-state index contributed by atoms with van der Waals surface area (Å²) in [6.45, 7) is 1.90. The molecule has 34 heavy (non-hydrogen) atoms. The first kappa shape index (κ1) is 22.9. The van der Waals surface area contributed by atoms with Crippen molar-refractivity contribution >= 4 is 29.3 Å². The molecule has 9 heteroatoms. The van der Waals surface area contributed by atoms with Gasteiger partial charge in [0.15, 0.2) is 0 Å². The Kier molecular flexibility index (Phi) is 6.79. The summed E-state index contributed by atoms with van der Waals surface area (Å²) in [7, 11) is 1.46. The van der Waals surface area contributed by atoms with Crippen LogP contribution in [0.1, 0.15) is 16.1 Å². The fourth-order valence-corrected chi connectivity index (χ4v) is 3.27. The third-order valence-corrected chi connectivity index (χ3v) is 5.28. The number of nitrogens with one attached hydrogen (secondary N) is 3.